The summed E-state index contributed by atoms with van der Waals surface area (Å²) in [5.74, 6) is -1.80. The number of carbonyl (C=O) groups excluding carboxylic acids is 1. The number of sulfone groups is 1. The van der Waals surface area contributed by atoms with Crippen molar-refractivity contribution < 1.29 is 77.0 Å². The topological polar surface area (TPSA) is 423 Å². The highest BCUT2D eigenvalue weighted by Gasteiger charge is 2.24. The molecule has 0 fully saturated rings. The number of amides is 1. The van der Waals surface area contributed by atoms with Crippen LogP contribution in [0.4, 0.5) is 67.5 Å². The van der Waals surface area contributed by atoms with Crippen molar-refractivity contribution in [3.63, 3.8) is 0 Å². The number of aromatic nitrogens is 3. The minimum atomic E-state index is -5.13. The second-order valence-corrected chi connectivity index (χ2v) is 19.3. The Kier molecular flexibility index (Phi) is 17.3. The molecule has 0 radical (unpaired) electrons. The molecule has 368 valence electrons. The first-order valence-corrected chi connectivity index (χ1v) is 24.5. The summed E-state index contributed by atoms with van der Waals surface area (Å²) in [7, 11) is -13.9. The van der Waals surface area contributed by atoms with Gasteiger partial charge in [-0.1, -0.05) is 22.2 Å². The summed E-state index contributed by atoms with van der Waals surface area (Å²) in [5.41, 5.74) is 10.1. The number of anilines is 7. The van der Waals surface area contributed by atoms with Gasteiger partial charge in [0, 0.05) is 16.9 Å². The van der Waals surface area contributed by atoms with Gasteiger partial charge in [-0.3, -0.25) is 18.1 Å². The van der Waals surface area contributed by atoms with E-state index < -0.39 is 92.0 Å². The van der Waals surface area contributed by atoms with Crippen LogP contribution < -0.4 is 27.4 Å². The molecule has 34 heteroatoms. The number of nitrogens with one attached hydrogen (secondary N) is 3. The lowest BCUT2D eigenvalue weighted by Gasteiger charge is -2.12. The van der Waals surface area contributed by atoms with Gasteiger partial charge in [-0.25, -0.2) is 18.9 Å². The summed E-state index contributed by atoms with van der Waals surface area (Å²) < 4.78 is 122. The fraction of sp³-hybridized carbons (Fsp3) is 0.0556. The maximum Gasteiger partial charge on any atom is 0.315 e. The van der Waals surface area contributed by atoms with E-state index >= 15 is 0 Å². The Labute approximate surface area is 402 Å². The van der Waals surface area contributed by atoms with Crippen molar-refractivity contribution in [2.24, 2.45) is 20.5 Å². The first-order chi connectivity index (χ1) is 33.2. The number of benzene rings is 5. The molecule has 0 aliphatic carbocycles. The SMILES string of the molecule is Nc1c(N=Nc2cc(Nc3nc(F)nc(Nc4ccccc4SOOO)n3)ccc2S(=O)(=O)O)cc(S(=O)(=O)O)c(N)c1N=Nc1ccc(C(=O)Nc2ccc(S(=O)(=O)CCOSOOO)cc2)cc1. The molecule has 0 spiro atoms. The molecule has 0 bridgehead atoms. The summed E-state index contributed by atoms with van der Waals surface area (Å²) in [5, 5.41) is 47.1. The zero-order chi connectivity index (χ0) is 50.6. The summed E-state index contributed by atoms with van der Waals surface area (Å²) in [4.78, 5) is 22.7. The van der Waals surface area contributed by atoms with Gasteiger partial charge in [-0.15, -0.1) is 24.0 Å². The second kappa shape index (κ2) is 23.1. The maximum atomic E-state index is 14.6. The highest BCUT2D eigenvalue weighted by molar-refractivity contribution is 7.94. The number of rotatable bonds is 22. The smallest absolute Gasteiger partial charge is 0.315 e. The molecule has 0 aliphatic rings. The Morgan fingerprint density at radius 3 is 2.01 bits per heavy atom. The van der Waals surface area contributed by atoms with Crippen LogP contribution in [-0.2, 0) is 53.0 Å². The van der Waals surface area contributed by atoms with Crippen molar-refractivity contribution in [1.29, 1.82) is 0 Å². The number of carbonyl (C=O) groups is 1. The number of nitrogen functional groups attached to an aromatic ring is 2. The number of para-hydroxylation sites is 1. The molecular weight excluding hydrogens is 1040 g/mol. The van der Waals surface area contributed by atoms with Crippen LogP contribution in [-0.4, -0.2) is 78.1 Å². The number of nitrogens with zero attached hydrogens (tertiary/aromatic N) is 7. The zero-order valence-corrected chi connectivity index (χ0v) is 38.6. The van der Waals surface area contributed by atoms with Gasteiger partial charge in [0.1, 0.15) is 26.9 Å². The van der Waals surface area contributed by atoms with E-state index in [0.29, 0.717) is 23.0 Å². The quantitative estimate of drug-likeness (QED) is 0.00606. The van der Waals surface area contributed by atoms with Crippen LogP contribution >= 0.6 is 24.4 Å². The average Bonchev–Trinajstić information content (AvgIpc) is 3.30. The van der Waals surface area contributed by atoms with E-state index in [4.69, 9.17) is 26.2 Å². The van der Waals surface area contributed by atoms with Gasteiger partial charge >= 0.3 is 6.08 Å². The number of hydrogen-bond acceptors (Lipinski definition) is 27. The van der Waals surface area contributed by atoms with E-state index in [1.807, 2.05) is 0 Å². The molecule has 6 rings (SSSR count). The van der Waals surface area contributed by atoms with Crippen molar-refractivity contribution in [1.82, 2.24) is 15.0 Å². The predicted molar refractivity (Wildman–Crippen MR) is 244 cm³/mol. The molecule has 28 nitrogen and oxygen atoms in total. The van der Waals surface area contributed by atoms with E-state index in [9.17, 15) is 43.5 Å². The van der Waals surface area contributed by atoms with E-state index in [-0.39, 0.29) is 58.1 Å². The van der Waals surface area contributed by atoms with Crippen LogP contribution in [0.1, 0.15) is 10.4 Å². The van der Waals surface area contributed by atoms with Crippen LogP contribution in [0.5, 0.6) is 0 Å². The van der Waals surface area contributed by atoms with Crippen molar-refractivity contribution in [2.75, 3.05) is 39.8 Å². The Balaban J connectivity index is 1.21. The zero-order valence-electron chi connectivity index (χ0n) is 34.5. The second-order valence-electron chi connectivity index (χ2n) is 13.2. The van der Waals surface area contributed by atoms with Crippen LogP contribution in [0, 0.1) is 6.08 Å². The molecule has 0 unspecified atom stereocenters. The molecule has 0 saturated carbocycles. The van der Waals surface area contributed by atoms with E-state index in [1.54, 1.807) is 18.2 Å². The summed E-state index contributed by atoms with van der Waals surface area (Å²) in [6.45, 7) is -0.299. The molecule has 11 N–H and O–H groups in total. The first-order valence-electron chi connectivity index (χ1n) is 18.6. The molecule has 1 aromatic heterocycles. The third-order valence-electron chi connectivity index (χ3n) is 8.66. The maximum absolute atomic E-state index is 14.6. The average molecular weight is 1070 g/mol. The van der Waals surface area contributed by atoms with Gasteiger partial charge in [0.25, 0.3) is 26.1 Å². The van der Waals surface area contributed by atoms with Crippen molar-refractivity contribution >= 4 is 123 Å². The Hall–Kier alpha value is -6.90. The van der Waals surface area contributed by atoms with Crippen LogP contribution in [0.25, 0.3) is 0 Å². The van der Waals surface area contributed by atoms with Crippen molar-refractivity contribution in [2.45, 2.75) is 19.6 Å². The van der Waals surface area contributed by atoms with Gasteiger partial charge in [0.05, 0.1) is 56.9 Å². The molecule has 0 aliphatic heterocycles. The number of halogens is 1. The van der Waals surface area contributed by atoms with E-state index in [0.717, 1.165) is 18.2 Å². The lowest BCUT2D eigenvalue weighted by molar-refractivity contribution is -0.434. The third-order valence-corrected chi connectivity index (χ3v) is 13.2. The van der Waals surface area contributed by atoms with Crippen LogP contribution in [0.3, 0.4) is 0 Å². The molecule has 0 atom stereocenters. The molecule has 70 heavy (non-hydrogen) atoms. The largest absolute Gasteiger partial charge is 0.396 e. The fourth-order valence-electron chi connectivity index (χ4n) is 5.54. The molecule has 0 saturated heterocycles. The molecule has 1 amide bonds. The third kappa shape index (κ3) is 14.1. The Morgan fingerprint density at radius 1 is 0.700 bits per heavy atom. The molecular formula is C36H31FN12O16S5. The Bertz CT molecular complexity index is 3290. The highest BCUT2D eigenvalue weighted by Crippen LogP contribution is 2.43. The number of nitrogens with two attached hydrogens (primary N) is 2. The van der Waals surface area contributed by atoms with Crippen LogP contribution in [0.15, 0.2) is 137 Å². The van der Waals surface area contributed by atoms with Gasteiger partial charge in [-0.05, 0) is 84.9 Å². The Morgan fingerprint density at radius 2 is 1.34 bits per heavy atom. The molecule has 6 aromatic rings. The standard InChI is InChI=1S/C36H31FN12O16S5/c37-34-43-35(45-36(44-34)42-24-3-1-2-4-27(24)66-64-62-51)41-22-11-14-28(69(55,56)57)25(17-22)47-48-26-18-29(70(58,59)60)31(39)32(30(26)38)49-46-21-7-5-19(6-8-21)33(50)40-20-9-12-23(13-10-20)68(53,54)16-15-61-67-65-63-52/h1-14,17-18,51-52H,15-16,38-39H2,(H,40,50)(H,55,56,57)(H,58,59,60)(H2,41,42,43,44,45). The van der Waals surface area contributed by atoms with E-state index in [2.05, 4.69) is 70.1 Å². The molecule has 5 aromatic carbocycles. The minimum Gasteiger partial charge on any atom is -0.396 e. The normalized spacial score (nSPS) is 12.1. The fourth-order valence-corrected chi connectivity index (χ4v) is 8.63. The number of azo groups is 2. The van der Waals surface area contributed by atoms with Gasteiger partial charge in [-0.2, -0.15) is 41.3 Å². The summed E-state index contributed by atoms with van der Waals surface area (Å²) >= 11 is 0.818. The monoisotopic (exact) mass is 1070 g/mol. The van der Waals surface area contributed by atoms with Crippen LogP contribution in [0.2, 0.25) is 0 Å². The van der Waals surface area contributed by atoms with Crippen molar-refractivity contribution in [3.8, 4) is 0 Å². The summed E-state index contributed by atoms with van der Waals surface area (Å²) in [6, 6.07) is 20.6. The predicted octanol–water partition coefficient (Wildman–Crippen LogP) is 7.44. The lowest BCUT2D eigenvalue weighted by atomic mass is 10.2. The first kappa shape index (κ1) is 52.5. The van der Waals surface area contributed by atoms with Gasteiger partial charge < -0.3 is 27.4 Å². The number of hydrogen-bond donors (Lipinski definition) is 9. The summed E-state index contributed by atoms with van der Waals surface area (Å²) in [6.07, 6.45) is -1.27. The highest BCUT2D eigenvalue weighted by atomic mass is 32.2. The van der Waals surface area contributed by atoms with Crippen molar-refractivity contribution in [3.05, 3.63) is 109 Å². The lowest BCUT2D eigenvalue weighted by Crippen LogP contribution is -2.13. The minimum absolute atomic E-state index is 0.0615. The van der Waals surface area contributed by atoms with E-state index in [1.165, 1.54) is 54.6 Å². The van der Waals surface area contributed by atoms with Gasteiger partial charge in [0.15, 0.2) is 22.2 Å². The molecule has 1 heterocycles. The van der Waals surface area contributed by atoms with Gasteiger partial charge in [0.2, 0.25) is 11.9 Å².